The maximum atomic E-state index is 4.59. The summed E-state index contributed by atoms with van der Waals surface area (Å²) in [6.07, 6.45) is 15.9. The van der Waals surface area contributed by atoms with Gasteiger partial charge in [-0.2, -0.15) is 0 Å². The largest absolute Gasteiger partial charge is 0.236 e. The average Bonchev–Trinajstić information content (AvgIpc) is 2.77. The molecule has 3 aromatic rings. The van der Waals surface area contributed by atoms with E-state index in [-0.39, 0.29) is 0 Å². The highest BCUT2D eigenvalue weighted by atomic mass is 14.9. The van der Waals surface area contributed by atoms with Crippen LogP contribution in [0.4, 0.5) is 0 Å². The Hall–Kier alpha value is -2.48. The van der Waals surface area contributed by atoms with Crippen molar-refractivity contribution in [3.8, 4) is 22.5 Å². The van der Waals surface area contributed by atoms with Crippen LogP contribution < -0.4 is 0 Å². The van der Waals surface area contributed by atoms with E-state index in [0.717, 1.165) is 17.8 Å². The Morgan fingerprint density at radius 2 is 1.11 bits per heavy atom. The molecule has 0 aliphatic rings. The zero-order chi connectivity index (χ0) is 19.4. The van der Waals surface area contributed by atoms with E-state index in [9.17, 15) is 0 Å². The number of rotatable bonds is 11. The minimum absolute atomic E-state index is 0.805. The summed E-state index contributed by atoms with van der Waals surface area (Å²) >= 11 is 0. The predicted molar refractivity (Wildman–Crippen MR) is 119 cm³/mol. The third kappa shape index (κ3) is 6.30. The lowest BCUT2D eigenvalue weighted by molar-refractivity contribution is 0.575. The molecule has 28 heavy (non-hydrogen) atoms. The van der Waals surface area contributed by atoms with Crippen molar-refractivity contribution >= 4 is 0 Å². The number of nitrogens with zero attached hydrogens (tertiary/aromatic N) is 2. The van der Waals surface area contributed by atoms with Crippen LogP contribution in [0.25, 0.3) is 22.5 Å². The number of hydrogen-bond acceptors (Lipinski definition) is 2. The first-order valence-corrected chi connectivity index (χ1v) is 10.8. The van der Waals surface area contributed by atoms with E-state index in [2.05, 4.69) is 65.4 Å². The highest BCUT2D eigenvalue weighted by Gasteiger charge is 2.03. The minimum atomic E-state index is 0.805. The van der Waals surface area contributed by atoms with Gasteiger partial charge in [0.2, 0.25) is 0 Å². The fourth-order valence-corrected chi connectivity index (χ4v) is 3.54. The fourth-order valence-electron chi connectivity index (χ4n) is 3.54. The van der Waals surface area contributed by atoms with Gasteiger partial charge < -0.3 is 0 Å². The lowest BCUT2D eigenvalue weighted by Gasteiger charge is -2.05. The molecule has 0 amide bonds. The van der Waals surface area contributed by atoms with E-state index >= 15 is 0 Å². The molecule has 0 atom stereocenters. The van der Waals surface area contributed by atoms with Gasteiger partial charge in [0.25, 0.3) is 0 Å². The second-order valence-electron chi connectivity index (χ2n) is 7.58. The second-order valence-corrected chi connectivity index (χ2v) is 7.58. The summed E-state index contributed by atoms with van der Waals surface area (Å²) < 4.78 is 0. The molecule has 146 valence electrons. The van der Waals surface area contributed by atoms with E-state index in [1.165, 1.54) is 68.1 Å². The summed E-state index contributed by atoms with van der Waals surface area (Å²) in [5.41, 5.74) is 4.76. The number of benzene rings is 2. The van der Waals surface area contributed by atoms with E-state index in [1.54, 1.807) is 0 Å². The molecular formula is C26H32N2. The van der Waals surface area contributed by atoms with Gasteiger partial charge in [-0.3, -0.25) is 0 Å². The molecule has 0 saturated carbocycles. The van der Waals surface area contributed by atoms with Crippen LogP contribution in [0.3, 0.4) is 0 Å². The average molecular weight is 373 g/mol. The van der Waals surface area contributed by atoms with E-state index in [1.807, 2.05) is 18.5 Å². The normalized spacial score (nSPS) is 10.9. The molecule has 0 aliphatic carbocycles. The van der Waals surface area contributed by atoms with Gasteiger partial charge in [-0.1, -0.05) is 106 Å². The highest BCUT2D eigenvalue weighted by molar-refractivity contribution is 5.67. The van der Waals surface area contributed by atoms with Crippen molar-refractivity contribution in [2.24, 2.45) is 0 Å². The van der Waals surface area contributed by atoms with Crippen LogP contribution in [0, 0.1) is 0 Å². The van der Waals surface area contributed by atoms with Crippen molar-refractivity contribution in [3.05, 3.63) is 72.6 Å². The molecular weight excluding hydrogens is 340 g/mol. The Kier molecular flexibility index (Phi) is 8.24. The Bertz CT molecular complexity index is 792. The molecule has 1 aromatic heterocycles. The first-order valence-electron chi connectivity index (χ1n) is 10.8. The molecule has 0 radical (unpaired) electrons. The molecule has 2 heteroatoms. The van der Waals surface area contributed by atoms with Gasteiger partial charge in [0.05, 0.1) is 0 Å². The third-order valence-corrected chi connectivity index (χ3v) is 5.27. The number of aryl methyl sites for hydroxylation is 1. The number of aromatic nitrogens is 2. The van der Waals surface area contributed by atoms with Crippen LogP contribution in [-0.4, -0.2) is 9.97 Å². The van der Waals surface area contributed by atoms with Crippen molar-refractivity contribution in [2.75, 3.05) is 0 Å². The van der Waals surface area contributed by atoms with Crippen molar-refractivity contribution in [3.63, 3.8) is 0 Å². The SMILES string of the molecule is CCCCCCCCCCc1cnc(-c2ccc(-c3ccccc3)cc2)nc1. The van der Waals surface area contributed by atoms with Gasteiger partial charge >= 0.3 is 0 Å². The van der Waals surface area contributed by atoms with Crippen LogP contribution in [0.5, 0.6) is 0 Å². The van der Waals surface area contributed by atoms with Gasteiger partial charge in [0.15, 0.2) is 5.82 Å². The summed E-state index contributed by atoms with van der Waals surface area (Å²) in [7, 11) is 0. The van der Waals surface area contributed by atoms with Crippen LogP contribution >= 0.6 is 0 Å². The maximum absolute atomic E-state index is 4.59. The molecule has 3 rings (SSSR count). The zero-order valence-corrected chi connectivity index (χ0v) is 17.1. The van der Waals surface area contributed by atoms with Crippen LogP contribution in [0.2, 0.25) is 0 Å². The predicted octanol–water partition coefficient (Wildman–Crippen LogP) is 7.49. The van der Waals surface area contributed by atoms with Crippen LogP contribution in [-0.2, 0) is 6.42 Å². The first kappa shape index (κ1) is 20.3. The Morgan fingerprint density at radius 3 is 1.75 bits per heavy atom. The van der Waals surface area contributed by atoms with E-state index in [4.69, 9.17) is 0 Å². The van der Waals surface area contributed by atoms with Crippen molar-refractivity contribution in [1.82, 2.24) is 9.97 Å². The standard InChI is InChI=1S/C26H32N2/c1-2-3-4-5-6-7-8-10-13-22-20-27-26(28-21-22)25-18-16-24(17-19-25)23-14-11-9-12-15-23/h9,11-12,14-21H,2-8,10,13H2,1H3. The molecule has 0 fully saturated rings. The molecule has 0 unspecified atom stereocenters. The molecule has 1 heterocycles. The third-order valence-electron chi connectivity index (χ3n) is 5.27. The molecule has 0 spiro atoms. The van der Waals surface area contributed by atoms with Gasteiger partial charge in [-0.15, -0.1) is 0 Å². The number of hydrogen-bond donors (Lipinski definition) is 0. The van der Waals surface area contributed by atoms with Gasteiger partial charge in [-0.05, 0) is 29.5 Å². The first-order chi connectivity index (χ1) is 13.9. The Balaban J connectivity index is 1.45. The maximum Gasteiger partial charge on any atom is 0.159 e. The second kappa shape index (κ2) is 11.4. The van der Waals surface area contributed by atoms with Gasteiger partial charge in [0, 0.05) is 18.0 Å². The Labute approximate surface area is 170 Å². The molecule has 0 aliphatic heterocycles. The molecule has 0 bridgehead atoms. The number of unbranched alkanes of at least 4 members (excludes halogenated alkanes) is 7. The summed E-state index contributed by atoms with van der Waals surface area (Å²) in [6.45, 7) is 2.27. The summed E-state index contributed by atoms with van der Waals surface area (Å²) in [4.78, 5) is 9.18. The monoisotopic (exact) mass is 372 g/mol. The van der Waals surface area contributed by atoms with Crippen molar-refractivity contribution in [1.29, 1.82) is 0 Å². The lowest BCUT2D eigenvalue weighted by Crippen LogP contribution is -1.93. The lowest BCUT2D eigenvalue weighted by atomic mass is 10.0. The minimum Gasteiger partial charge on any atom is -0.236 e. The van der Waals surface area contributed by atoms with Crippen molar-refractivity contribution in [2.45, 2.75) is 64.7 Å². The topological polar surface area (TPSA) is 25.8 Å². The van der Waals surface area contributed by atoms with E-state index < -0.39 is 0 Å². The van der Waals surface area contributed by atoms with E-state index in [0.29, 0.717) is 0 Å². The van der Waals surface area contributed by atoms with Crippen LogP contribution in [0.1, 0.15) is 63.9 Å². The highest BCUT2D eigenvalue weighted by Crippen LogP contribution is 2.23. The molecule has 2 aromatic carbocycles. The Morgan fingerprint density at radius 1 is 0.571 bits per heavy atom. The van der Waals surface area contributed by atoms with Gasteiger partial charge in [0.1, 0.15) is 0 Å². The summed E-state index contributed by atoms with van der Waals surface area (Å²) in [5.74, 6) is 0.805. The summed E-state index contributed by atoms with van der Waals surface area (Å²) in [5, 5.41) is 0. The zero-order valence-electron chi connectivity index (χ0n) is 17.1. The smallest absolute Gasteiger partial charge is 0.159 e. The summed E-state index contributed by atoms with van der Waals surface area (Å²) in [6, 6.07) is 18.9. The van der Waals surface area contributed by atoms with Gasteiger partial charge in [-0.25, -0.2) is 9.97 Å². The van der Waals surface area contributed by atoms with Crippen LogP contribution in [0.15, 0.2) is 67.0 Å². The van der Waals surface area contributed by atoms with Crippen molar-refractivity contribution < 1.29 is 0 Å². The quantitative estimate of drug-likeness (QED) is 0.326. The molecule has 2 nitrogen and oxygen atoms in total. The molecule has 0 saturated heterocycles. The molecule has 0 N–H and O–H groups in total. The fraction of sp³-hybridized carbons (Fsp3) is 0.385.